The van der Waals surface area contributed by atoms with Crippen LogP contribution in [0.2, 0.25) is 0 Å². The molecule has 16 heavy (non-hydrogen) atoms. The quantitative estimate of drug-likeness (QED) is 0.662. The van der Waals surface area contributed by atoms with Gasteiger partial charge in [0.05, 0.1) is 0 Å². The predicted molar refractivity (Wildman–Crippen MR) is 63.6 cm³/mol. The Bertz CT molecular complexity index is 332. The fourth-order valence-corrected chi connectivity index (χ4v) is 1.79. The van der Waals surface area contributed by atoms with E-state index in [0.717, 1.165) is 25.7 Å². The molecule has 0 nitrogen and oxygen atoms in total. The van der Waals surface area contributed by atoms with Gasteiger partial charge in [-0.15, -0.1) is 0 Å². The number of hydrogen-bond donors (Lipinski definition) is 0. The first-order valence-electron chi connectivity index (χ1n) is 6.16. The first-order valence-corrected chi connectivity index (χ1v) is 6.16. The second-order valence-corrected chi connectivity index (χ2v) is 4.21. The minimum atomic E-state index is -0.397. The van der Waals surface area contributed by atoms with E-state index in [2.05, 4.69) is 6.92 Å². The average molecular weight is 226 g/mol. The number of unbranched alkanes of at least 4 members (excludes halogenated alkanes) is 2. The lowest BCUT2D eigenvalue weighted by Gasteiger charge is -2.09. The third-order valence-electron chi connectivity index (χ3n) is 2.85. The highest BCUT2D eigenvalue weighted by atomic mass is 19.1. The Labute approximate surface area is 96.7 Å². The summed E-state index contributed by atoms with van der Waals surface area (Å²) in [7, 11) is 0. The molecule has 0 amide bonds. The Balaban J connectivity index is 2.87. The lowest BCUT2D eigenvalue weighted by atomic mass is 10.0. The van der Waals surface area contributed by atoms with E-state index in [-0.39, 0.29) is 11.4 Å². The molecular weight excluding hydrogens is 206 g/mol. The van der Waals surface area contributed by atoms with Crippen molar-refractivity contribution in [3.63, 3.8) is 0 Å². The van der Waals surface area contributed by atoms with Crippen molar-refractivity contribution in [1.29, 1.82) is 0 Å². The smallest absolute Gasteiger partial charge is 0.132 e. The van der Waals surface area contributed by atoms with Crippen LogP contribution in [0.1, 0.15) is 50.7 Å². The van der Waals surface area contributed by atoms with E-state index >= 15 is 0 Å². The van der Waals surface area contributed by atoms with Gasteiger partial charge in [0.2, 0.25) is 0 Å². The molecule has 0 unspecified atom stereocenters. The maximum Gasteiger partial charge on any atom is 0.132 e. The van der Waals surface area contributed by atoms with Crippen molar-refractivity contribution in [2.75, 3.05) is 0 Å². The van der Waals surface area contributed by atoms with Crippen molar-refractivity contribution in [3.05, 3.63) is 34.9 Å². The topological polar surface area (TPSA) is 0 Å². The van der Waals surface area contributed by atoms with Gasteiger partial charge in [0.1, 0.15) is 11.6 Å². The number of halogens is 2. The summed E-state index contributed by atoms with van der Waals surface area (Å²) in [5.74, 6) is -0.715. The molecule has 0 fully saturated rings. The number of hydrogen-bond acceptors (Lipinski definition) is 0. The third kappa shape index (κ3) is 3.29. The SMILES string of the molecule is CCCCc1ccc(F)c(CCCC)c1F. The first kappa shape index (κ1) is 13.1. The molecule has 2 heteroatoms. The van der Waals surface area contributed by atoms with E-state index in [9.17, 15) is 8.78 Å². The molecule has 0 bridgehead atoms. The fraction of sp³-hybridized carbons (Fsp3) is 0.571. The van der Waals surface area contributed by atoms with Crippen LogP contribution in [-0.2, 0) is 12.8 Å². The maximum atomic E-state index is 13.9. The summed E-state index contributed by atoms with van der Waals surface area (Å²) in [5.41, 5.74) is 0.935. The van der Waals surface area contributed by atoms with Crippen LogP contribution in [0.15, 0.2) is 12.1 Å². The van der Waals surface area contributed by atoms with Gasteiger partial charge in [-0.1, -0.05) is 32.8 Å². The van der Waals surface area contributed by atoms with Crippen molar-refractivity contribution >= 4 is 0 Å². The van der Waals surface area contributed by atoms with Crippen molar-refractivity contribution in [2.24, 2.45) is 0 Å². The standard InChI is InChI=1S/C14H20F2/c1-3-5-7-11-9-10-13(15)12(14(11)16)8-6-4-2/h9-10H,3-8H2,1-2H3. The van der Waals surface area contributed by atoms with Crippen LogP contribution in [0.25, 0.3) is 0 Å². The number of benzene rings is 1. The zero-order valence-electron chi connectivity index (χ0n) is 10.2. The van der Waals surface area contributed by atoms with E-state index in [1.54, 1.807) is 6.07 Å². The molecule has 0 atom stereocenters. The lowest BCUT2D eigenvalue weighted by Crippen LogP contribution is -2.01. The van der Waals surface area contributed by atoms with Gasteiger partial charge in [-0.2, -0.15) is 0 Å². The van der Waals surface area contributed by atoms with Crippen LogP contribution in [0.4, 0.5) is 8.78 Å². The van der Waals surface area contributed by atoms with Crippen molar-refractivity contribution in [2.45, 2.75) is 52.4 Å². The molecule has 0 spiro atoms. The lowest BCUT2D eigenvalue weighted by molar-refractivity contribution is 0.536. The molecular formula is C14H20F2. The highest BCUT2D eigenvalue weighted by molar-refractivity contribution is 5.27. The molecule has 0 heterocycles. The summed E-state index contributed by atoms with van der Waals surface area (Å²) in [4.78, 5) is 0. The molecule has 1 rings (SSSR count). The number of rotatable bonds is 6. The van der Waals surface area contributed by atoms with Crippen molar-refractivity contribution < 1.29 is 8.78 Å². The molecule has 1 aromatic rings. The van der Waals surface area contributed by atoms with Crippen molar-refractivity contribution in [3.8, 4) is 0 Å². The van der Waals surface area contributed by atoms with Gasteiger partial charge in [-0.05, 0) is 37.3 Å². The molecule has 0 saturated heterocycles. The molecule has 0 N–H and O–H groups in total. The van der Waals surface area contributed by atoms with E-state index in [4.69, 9.17) is 0 Å². The normalized spacial score (nSPS) is 10.8. The Hall–Kier alpha value is -0.920. The van der Waals surface area contributed by atoms with Gasteiger partial charge in [-0.3, -0.25) is 0 Å². The highest BCUT2D eigenvalue weighted by Gasteiger charge is 2.12. The summed E-state index contributed by atoms with van der Waals surface area (Å²) >= 11 is 0. The van der Waals surface area contributed by atoms with Crippen LogP contribution in [0.3, 0.4) is 0 Å². The van der Waals surface area contributed by atoms with E-state index in [0.29, 0.717) is 18.4 Å². The monoisotopic (exact) mass is 226 g/mol. The molecule has 0 saturated carbocycles. The van der Waals surface area contributed by atoms with Crippen LogP contribution < -0.4 is 0 Å². The van der Waals surface area contributed by atoms with Gasteiger partial charge >= 0.3 is 0 Å². The van der Waals surface area contributed by atoms with Crippen molar-refractivity contribution in [1.82, 2.24) is 0 Å². The van der Waals surface area contributed by atoms with Gasteiger partial charge in [-0.25, -0.2) is 8.78 Å². The Morgan fingerprint density at radius 1 is 0.938 bits per heavy atom. The zero-order valence-corrected chi connectivity index (χ0v) is 10.2. The Kier molecular flexibility index (Phi) is 5.44. The number of aryl methyl sites for hydroxylation is 1. The second-order valence-electron chi connectivity index (χ2n) is 4.21. The third-order valence-corrected chi connectivity index (χ3v) is 2.85. The van der Waals surface area contributed by atoms with E-state index < -0.39 is 5.82 Å². The minimum absolute atomic E-state index is 0.274. The molecule has 0 aliphatic rings. The largest absolute Gasteiger partial charge is 0.207 e. The van der Waals surface area contributed by atoms with Crippen LogP contribution in [-0.4, -0.2) is 0 Å². The van der Waals surface area contributed by atoms with Crippen LogP contribution >= 0.6 is 0 Å². The summed E-state index contributed by atoms with van der Waals surface area (Å²) in [6, 6.07) is 2.98. The van der Waals surface area contributed by atoms with Crippen LogP contribution in [0, 0.1) is 11.6 Å². The summed E-state index contributed by atoms with van der Waals surface area (Å²) in [6.07, 6.45) is 5.00. The Morgan fingerprint density at radius 2 is 1.56 bits per heavy atom. The van der Waals surface area contributed by atoms with Gasteiger partial charge in [0.25, 0.3) is 0 Å². The molecule has 0 aliphatic heterocycles. The van der Waals surface area contributed by atoms with Gasteiger partial charge < -0.3 is 0 Å². The van der Waals surface area contributed by atoms with Gasteiger partial charge in [0, 0.05) is 5.56 Å². The summed E-state index contributed by atoms with van der Waals surface area (Å²) in [5, 5.41) is 0. The fourth-order valence-electron chi connectivity index (χ4n) is 1.79. The van der Waals surface area contributed by atoms with E-state index in [1.807, 2.05) is 6.92 Å². The predicted octanol–water partition coefficient (Wildman–Crippen LogP) is 4.65. The molecule has 90 valence electrons. The highest BCUT2D eigenvalue weighted by Crippen LogP contribution is 2.20. The van der Waals surface area contributed by atoms with E-state index in [1.165, 1.54) is 6.07 Å². The van der Waals surface area contributed by atoms with Crippen LogP contribution in [0.5, 0.6) is 0 Å². The first-order chi connectivity index (χ1) is 7.70. The zero-order chi connectivity index (χ0) is 12.0. The minimum Gasteiger partial charge on any atom is -0.207 e. The second kappa shape index (κ2) is 6.62. The summed E-state index contributed by atoms with van der Waals surface area (Å²) < 4.78 is 27.4. The van der Waals surface area contributed by atoms with Gasteiger partial charge in [0.15, 0.2) is 0 Å². The average Bonchev–Trinajstić information content (AvgIpc) is 2.28. The Morgan fingerprint density at radius 3 is 2.19 bits per heavy atom. The molecule has 0 aromatic heterocycles. The molecule has 0 aliphatic carbocycles. The maximum absolute atomic E-state index is 13.9. The summed E-state index contributed by atoms with van der Waals surface area (Å²) in [6.45, 7) is 4.09. The molecule has 1 aromatic carbocycles. The molecule has 0 radical (unpaired) electrons.